The van der Waals surface area contributed by atoms with Crippen LogP contribution in [-0.2, 0) is 4.79 Å². The average Bonchev–Trinajstić information content (AvgIpc) is 2.60. The molecule has 4 heteroatoms. The number of hydrogen-bond donors (Lipinski definition) is 1. The Balaban J connectivity index is 1.84. The first kappa shape index (κ1) is 16.6. The van der Waals surface area contributed by atoms with Gasteiger partial charge in [0.1, 0.15) is 5.75 Å². The molecule has 1 N–H and O–H groups in total. The van der Waals surface area contributed by atoms with Crippen LogP contribution < -0.4 is 10.1 Å². The van der Waals surface area contributed by atoms with Gasteiger partial charge in [0, 0.05) is 6.54 Å². The predicted molar refractivity (Wildman–Crippen MR) is 89.1 cm³/mol. The van der Waals surface area contributed by atoms with E-state index >= 15 is 0 Å². The molecule has 2 rings (SSSR count). The number of nitrogens with one attached hydrogen (secondary N) is 1. The lowest BCUT2D eigenvalue weighted by Gasteiger charge is -2.17. The molecule has 0 aliphatic rings. The van der Waals surface area contributed by atoms with E-state index in [-0.39, 0.29) is 11.8 Å². The number of hydrogen-bond acceptors (Lipinski definition) is 3. The summed E-state index contributed by atoms with van der Waals surface area (Å²) in [7, 11) is 0. The lowest BCUT2D eigenvalue weighted by molar-refractivity contribution is -0.127. The number of ether oxygens (including phenoxy) is 1. The SMILES string of the molecule is C[C@H](CNC(=O)[C@@H](C)Oc1ccc(C#N)cc1)c1ccccc1. The molecule has 0 saturated heterocycles. The molecule has 23 heavy (non-hydrogen) atoms. The van der Waals surface area contributed by atoms with Crippen molar-refractivity contribution in [3.05, 3.63) is 65.7 Å². The van der Waals surface area contributed by atoms with E-state index in [0.717, 1.165) is 0 Å². The van der Waals surface area contributed by atoms with Gasteiger partial charge < -0.3 is 10.1 Å². The van der Waals surface area contributed by atoms with Crippen molar-refractivity contribution in [2.45, 2.75) is 25.9 Å². The third kappa shape index (κ3) is 4.86. The highest BCUT2D eigenvalue weighted by atomic mass is 16.5. The Morgan fingerprint density at radius 2 is 1.78 bits per heavy atom. The van der Waals surface area contributed by atoms with Gasteiger partial charge in [0.05, 0.1) is 11.6 Å². The van der Waals surface area contributed by atoms with Crippen LogP contribution in [0.2, 0.25) is 0 Å². The molecule has 2 atom stereocenters. The Labute approximate surface area is 136 Å². The number of amides is 1. The molecule has 0 heterocycles. The molecule has 0 aliphatic heterocycles. The molecular formula is C19H20N2O2. The molecule has 0 saturated carbocycles. The quantitative estimate of drug-likeness (QED) is 0.891. The zero-order valence-corrected chi connectivity index (χ0v) is 13.3. The standard InChI is InChI=1S/C19H20N2O2/c1-14(17-6-4-3-5-7-17)13-21-19(22)15(2)23-18-10-8-16(12-20)9-11-18/h3-11,14-15H,13H2,1-2H3,(H,21,22)/t14-,15-/m1/s1. The van der Waals surface area contributed by atoms with Gasteiger partial charge in [-0.15, -0.1) is 0 Å². The Bertz CT molecular complexity index is 675. The monoisotopic (exact) mass is 308 g/mol. The minimum absolute atomic E-state index is 0.155. The van der Waals surface area contributed by atoms with Crippen LogP contribution in [0.1, 0.15) is 30.9 Å². The highest BCUT2D eigenvalue weighted by molar-refractivity contribution is 5.80. The average molecular weight is 308 g/mol. The lowest BCUT2D eigenvalue weighted by atomic mass is 10.0. The second-order valence-electron chi connectivity index (χ2n) is 5.45. The molecule has 0 aromatic heterocycles. The van der Waals surface area contributed by atoms with Crippen LogP contribution in [0, 0.1) is 11.3 Å². The second-order valence-corrected chi connectivity index (χ2v) is 5.45. The van der Waals surface area contributed by atoms with Crippen LogP contribution in [-0.4, -0.2) is 18.6 Å². The van der Waals surface area contributed by atoms with Crippen molar-refractivity contribution >= 4 is 5.91 Å². The van der Waals surface area contributed by atoms with Gasteiger partial charge in [0.2, 0.25) is 0 Å². The molecule has 0 aliphatic carbocycles. The van der Waals surface area contributed by atoms with E-state index in [1.54, 1.807) is 31.2 Å². The minimum Gasteiger partial charge on any atom is -0.481 e. The summed E-state index contributed by atoms with van der Waals surface area (Å²) in [5.74, 6) is 0.655. The van der Waals surface area contributed by atoms with Crippen molar-refractivity contribution in [3.8, 4) is 11.8 Å². The number of benzene rings is 2. The summed E-state index contributed by atoms with van der Waals surface area (Å²) in [6.45, 7) is 4.34. The van der Waals surface area contributed by atoms with Crippen molar-refractivity contribution in [2.75, 3.05) is 6.54 Å². The fraction of sp³-hybridized carbons (Fsp3) is 0.263. The summed E-state index contributed by atoms with van der Waals surface area (Å²) in [4.78, 5) is 12.1. The van der Waals surface area contributed by atoms with E-state index in [0.29, 0.717) is 17.9 Å². The highest BCUT2D eigenvalue weighted by Gasteiger charge is 2.15. The molecule has 0 fully saturated rings. The minimum atomic E-state index is -0.592. The molecule has 0 radical (unpaired) electrons. The van der Waals surface area contributed by atoms with Crippen LogP contribution in [0.25, 0.3) is 0 Å². The van der Waals surface area contributed by atoms with Crippen molar-refractivity contribution in [3.63, 3.8) is 0 Å². The van der Waals surface area contributed by atoms with Crippen LogP contribution in [0.15, 0.2) is 54.6 Å². The van der Waals surface area contributed by atoms with Crippen LogP contribution in [0.4, 0.5) is 0 Å². The van der Waals surface area contributed by atoms with E-state index in [1.807, 2.05) is 36.4 Å². The Morgan fingerprint density at radius 1 is 1.13 bits per heavy atom. The number of nitrogens with zero attached hydrogens (tertiary/aromatic N) is 1. The van der Waals surface area contributed by atoms with Crippen molar-refractivity contribution < 1.29 is 9.53 Å². The van der Waals surface area contributed by atoms with E-state index in [4.69, 9.17) is 10.00 Å². The van der Waals surface area contributed by atoms with Gasteiger partial charge in [-0.2, -0.15) is 5.26 Å². The van der Waals surface area contributed by atoms with Gasteiger partial charge in [-0.3, -0.25) is 4.79 Å². The van der Waals surface area contributed by atoms with Crippen molar-refractivity contribution in [1.29, 1.82) is 5.26 Å². The third-order valence-electron chi connectivity index (χ3n) is 3.62. The summed E-state index contributed by atoms with van der Waals surface area (Å²) in [6, 6.07) is 18.8. The molecular weight excluding hydrogens is 288 g/mol. The van der Waals surface area contributed by atoms with Crippen LogP contribution in [0.3, 0.4) is 0 Å². The van der Waals surface area contributed by atoms with Gasteiger partial charge in [0.25, 0.3) is 5.91 Å². The molecule has 1 amide bonds. The van der Waals surface area contributed by atoms with E-state index < -0.39 is 6.10 Å². The van der Waals surface area contributed by atoms with Gasteiger partial charge in [-0.25, -0.2) is 0 Å². The fourth-order valence-corrected chi connectivity index (χ4v) is 2.16. The molecule has 2 aromatic carbocycles. The molecule has 0 unspecified atom stereocenters. The largest absolute Gasteiger partial charge is 0.481 e. The van der Waals surface area contributed by atoms with Gasteiger partial charge >= 0.3 is 0 Å². The maximum absolute atomic E-state index is 12.1. The summed E-state index contributed by atoms with van der Waals surface area (Å²) in [5, 5.41) is 11.7. The highest BCUT2D eigenvalue weighted by Crippen LogP contribution is 2.15. The number of rotatable bonds is 6. The molecule has 4 nitrogen and oxygen atoms in total. The van der Waals surface area contributed by atoms with Gasteiger partial charge in [-0.05, 0) is 42.7 Å². The molecule has 0 spiro atoms. The number of carbonyl (C=O) groups is 1. The summed E-state index contributed by atoms with van der Waals surface area (Å²) >= 11 is 0. The lowest BCUT2D eigenvalue weighted by Crippen LogP contribution is -2.38. The molecule has 118 valence electrons. The number of carbonyl (C=O) groups excluding carboxylic acids is 1. The second kappa shape index (κ2) is 8.00. The van der Waals surface area contributed by atoms with Crippen molar-refractivity contribution in [1.82, 2.24) is 5.32 Å². The van der Waals surface area contributed by atoms with Crippen molar-refractivity contribution in [2.24, 2.45) is 0 Å². The molecule has 0 bridgehead atoms. The van der Waals surface area contributed by atoms with Gasteiger partial charge in [-0.1, -0.05) is 37.3 Å². The van der Waals surface area contributed by atoms with Crippen LogP contribution >= 0.6 is 0 Å². The Morgan fingerprint density at radius 3 is 2.39 bits per heavy atom. The maximum atomic E-state index is 12.1. The Kier molecular flexibility index (Phi) is 5.76. The first-order chi connectivity index (χ1) is 11.1. The first-order valence-electron chi connectivity index (χ1n) is 7.59. The first-order valence-corrected chi connectivity index (χ1v) is 7.59. The number of nitriles is 1. The normalized spacial score (nSPS) is 12.7. The summed E-state index contributed by atoms with van der Waals surface area (Å²) in [5.41, 5.74) is 1.75. The topological polar surface area (TPSA) is 62.1 Å². The smallest absolute Gasteiger partial charge is 0.260 e. The van der Waals surface area contributed by atoms with Crippen LogP contribution in [0.5, 0.6) is 5.75 Å². The third-order valence-corrected chi connectivity index (χ3v) is 3.62. The van der Waals surface area contributed by atoms with E-state index in [9.17, 15) is 4.79 Å². The summed E-state index contributed by atoms with van der Waals surface area (Å²) in [6.07, 6.45) is -0.592. The zero-order chi connectivity index (χ0) is 16.7. The fourth-order valence-electron chi connectivity index (χ4n) is 2.16. The van der Waals surface area contributed by atoms with Gasteiger partial charge in [0.15, 0.2) is 6.10 Å². The van der Waals surface area contributed by atoms with E-state index in [2.05, 4.69) is 12.2 Å². The summed E-state index contributed by atoms with van der Waals surface area (Å²) < 4.78 is 5.59. The Hall–Kier alpha value is -2.80. The predicted octanol–water partition coefficient (Wildman–Crippen LogP) is 3.25. The van der Waals surface area contributed by atoms with E-state index in [1.165, 1.54) is 5.56 Å². The zero-order valence-electron chi connectivity index (χ0n) is 13.3. The maximum Gasteiger partial charge on any atom is 0.260 e. The molecule has 2 aromatic rings.